The summed E-state index contributed by atoms with van der Waals surface area (Å²) < 4.78 is 0. The van der Waals surface area contributed by atoms with Gasteiger partial charge >= 0.3 is 0 Å². The first-order valence-electron chi connectivity index (χ1n) is 8.39. The zero-order chi connectivity index (χ0) is 14.9. The highest BCUT2D eigenvalue weighted by Crippen LogP contribution is 2.34. The summed E-state index contributed by atoms with van der Waals surface area (Å²) in [6.07, 6.45) is 5.29. The Kier molecular flexibility index (Phi) is 4.27. The van der Waals surface area contributed by atoms with Crippen LogP contribution in [0.4, 0.5) is 0 Å². The molecule has 0 unspecified atom stereocenters. The molecule has 0 radical (unpaired) electrons. The molecule has 116 valence electrons. The third-order valence-corrected chi connectivity index (χ3v) is 5.10. The Labute approximate surface area is 128 Å². The van der Waals surface area contributed by atoms with Crippen molar-refractivity contribution in [1.29, 1.82) is 0 Å². The highest BCUT2D eigenvalue weighted by atomic mass is 15.3. The van der Waals surface area contributed by atoms with Crippen LogP contribution >= 0.6 is 0 Å². The fraction of sp³-hybridized carbons (Fsp3) is 0.765. The van der Waals surface area contributed by atoms with Crippen molar-refractivity contribution >= 4 is 0 Å². The molecule has 1 aromatic rings. The van der Waals surface area contributed by atoms with Crippen LogP contribution in [0.25, 0.3) is 0 Å². The van der Waals surface area contributed by atoms with Gasteiger partial charge in [0.1, 0.15) is 5.82 Å². The van der Waals surface area contributed by atoms with E-state index in [0.29, 0.717) is 5.92 Å². The van der Waals surface area contributed by atoms with Crippen molar-refractivity contribution in [1.82, 2.24) is 20.2 Å². The van der Waals surface area contributed by atoms with Gasteiger partial charge in [-0.1, -0.05) is 12.8 Å². The van der Waals surface area contributed by atoms with Crippen molar-refractivity contribution in [3.8, 4) is 0 Å². The fourth-order valence-electron chi connectivity index (χ4n) is 3.66. The fourth-order valence-corrected chi connectivity index (χ4v) is 3.66. The molecule has 3 rings (SSSR count). The van der Waals surface area contributed by atoms with E-state index in [0.717, 1.165) is 37.7 Å². The van der Waals surface area contributed by atoms with Crippen LogP contribution in [0.15, 0.2) is 6.07 Å². The quantitative estimate of drug-likeness (QED) is 0.928. The van der Waals surface area contributed by atoms with Crippen molar-refractivity contribution in [2.45, 2.75) is 57.9 Å². The van der Waals surface area contributed by atoms with Gasteiger partial charge in [0.2, 0.25) is 0 Å². The summed E-state index contributed by atoms with van der Waals surface area (Å²) in [5.41, 5.74) is 2.31. The largest absolute Gasteiger partial charge is 0.314 e. The molecule has 0 aromatic carbocycles. The van der Waals surface area contributed by atoms with Gasteiger partial charge in [0, 0.05) is 43.5 Å². The molecule has 1 saturated heterocycles. The van der Waals surface area contributed by atoms with E-state index in [2.05, 4.69) is 37.1 Å². The number of nitrogens with one attached hydrogen (secondary N) is 1. The van der Waals surface area contributed by atoms with E-state index in [9.17, 15) is 0 Å². The Balaban J connectivity index is 1.89. The van der Waals surface area contributed by atoms with Gasteiger partial charge in [0.15, 0.2) is 0 Å². The monoisotopic (exact) mass is 288 g/mol. The van der Waals surface area contributed by atoms with Gasteiger partial charge in [-0.3, -0.25) is 4.90 Å². The van der Waals surface area contributed by atoms with Crippen LogP contribution in [0.2, 0.25) is 0 Å². The van der Waals surface area contributed by atoms with E-state index >= 15 is 0 Å². The maximum atomic E-state index is 4.99. The van der Waals surface area contributed by atoms with Gasteiger partial charge in [-0.15, -0.1) is 0 Å². The molecule has 1 aliphatic heterocycles. The first kappa shape index (κ1) is 14.9. The van der Waals surface area contributed by atoms with E-state index < -0.39 is 0 Å². The number of nitrogens with zero attached hydrogens (tertiary/aromatic N) is 3. The Hall–Kier alpha value is -1.00. The second-order valence-electron chi connectivity index (χ2n) is 7.04. The molecule has 2 heterocycles. The van der Waals surface area contributed by atoms with E-state index in [1.807, 2.05) is 0 Å². The van der Waals surface area contributed by atoms with Gasteiger partial charge in [0.05, 0.1) is 5.54 Å². The summed E-state index contributed by atoms with van der Waals surface area (Å²) in [5.74, 6) is 1.66. The Bertz CT molecular complexity index is 486. The molecule has 4 heteroatoms. The summed E-state index contributed by atoms with van der Waals surface area (Å²) in [4.78, 5) is 12.3. The van der Waals surface area contributed by atoms with E-state index in [4.69, 9.17) is 9.97 Å². The third-order valence-electron chi connectivity index (χ3n) is 5.10. The highest BCUT2D eigenvalue weighted by molar-refractivity contribution is 5.18. The Morgan fingerprint density at radius 2 is 1.81 bits per heavy atom. The number of aromatic nitrogens is 2. The van der Waals surface area contributed by atoms with Crippen molar-refractivity contribution in [3.05, 3.63) is 23.3 Å². The average molecular weight is 288 g/mol. The predicted molar refractivity (Wildman–Crippen MR) is 85.4 cm³/mol. The number of aryl methyl sites for hydroxylation is 1. The third kappa shape index (κ3) is 3.11. The molecule has 0 spiro atoms. The van der Waals surface area contributed by atoms with Crippen LogP contribution in [0.1, 0.15) is 62.7 Å². The molecule has 1 N–H and O–H groups in total. The summed E-state index contributed by atoms with van der Waals surface area (Å²) in [6.45, 7) is 10.9. The topological polar surface area (TPSA) is 41.1 Å². The van der Waals surface area contributed by atoms with Crippen LogP contribution in [0.3, 0.4) is 0 Å². The van der Waals surface area contributed by atoms with Gasteiger partial charge in [-0.25, -0.2) is 9.97 Å². The van der Waals surface area contributed by atoms with Gasteiger partial charge in [0.25, 0.3) is 0 Å². The SMILES string of the molecule is Cc1cc(C2CCCC2)nc(C(C)(C)N2CCNCC2)n1. The summed E-state index contributed by atoms with van der Waals surface area (Å²) in [6, 6.07) is 2.20. The van der Waals surface area contributed by atoms with Crippen LogP contribution in [-0.4, -0.2) is 41.0 Å². The maximum Gasteiger partial charge on any atom is 0.148 e. The highest BCUT2D eigenvalue weighted by Gasteiger charge is 2.33. The van der Waals surface area contributed by atoms with Crippen molar-refractivity contribution in [3.63, 3.8) is 0 Å². The molecule has 1 aromatic heterocycles. The molecule has 0 atom stereocenters. The Morgan fingerprint density at radius 3 is 2.48 bits per heavy atom. The maximum absolute atomic E-state index is 4.99. The molecule has 21 heavy (non-hydrogen) atoms. The minimum atomic E-state index is -0.0819. The predicted octanol–water partition coefficient (Wildman–Crippen LogP) is 2.58. The Morgan fingerprint density at radius 1 is 1.14 bits per heavy atom. The van der Waals surface area contributed by atoms with Crippen LogP contribution in [0, 0.1) is 6.92 Å². The molecule has 4 nitrogen and oxygen atoms in total. The molecular formula is C17H28N4. The standard InChI is InChI=1S/C17H28N4/c1-13-12-15(14-6-4-5-7-14)20-16(19-13)17(2,3)21-10-8-18-9-11-21/h12,14,18H,4-11H2,1-3H3. The number of hydrogen-bond acceptors (Lipinski definition) is 4. The lowest BCUT2D eigenvalue weighted by atomic mass is 9.98. The molecule has 1 saturated carbocycles. The number of rotatable bonds is 3. The number of piperazine rings is 1. The average Bonchev–Trinajstić information content (AvgIpc) is 3.02. The molecule has 0 amide bonds. The van der Waals surface area contributed by atoms with E-state index in [1.54, 1.807) is 0 Å². The minimum absolute atomic E-state index is 0.0819. The molecule has 2 fully saturated rings. The first-order chi connectivity index (χ1) is 10.1. The summed E-state index contributed by atoms with van der Waals surface area (Å²) in [5, 5.41) is 3.42. The normalized spacial score (nSPS) is 21.9. The second-order valence-corrected chi connectivity index (χ2v) is 7.04. The first-order valence-corrected chi connectivity index (χ1v) is 8.39. The molecular weight excluding hydrogens is 260 g/mol. The second kappa shape index (κ2) is 6.01. The zero-order valence-corrected chi connectivity index (χ0v) is 13.7. The zero-order valence-electron chi connectivity index (χ0n) is 13.7. The number of hydrogen-bond donors (Lipinski definition) is 1. The summed E-state index contributed by atoms with van der Waals surface area (Å²) >= 11 is 0. The van der Waals surface area contributed by atoms with E-state index in [1.165, 1.54) is 31.4 Å². The molecule has 0 bridgehead atoms. The van der Waals surface area contributed by atoms with Gasteiger partial charge in [-0.2, -0.15) is 0 Å². The van der Waals surface area contributed by atoms with Gasteiger partial charge < -0.3 is 5.32 Å². The van der Waals surface area contributed by atoms with Crippen LogP contribution < -0.4 is 5.32 Å². The van der Waals surface area contributed by atoms with Crippen molar-refractivity contribution in [2.24, 2.45) is 0 Å². The van der Waals surface area contributed by atoms with Gasteiger partial charge in [-0.05, 0) is 39.7 Å². The molecule has 1 aliphatic carbocycles. The van der Waals surface area contributed by atoms with E-state index in [-0.39, 0.29) is 5.54 Å². The lowest BCUT2D eigenvalue weighted by Crippen LogP contribution is -2.52. The van der Waals surface area contributed by atoms with Crippen LogP contribution in [-0.2, 0) is 5.54 Å². The summed E-state index contributed by atoms with van der Waals surface area (Å²) in [7, 11) is 0. The van der Waals surface area contributed by atoms with Crippen molar-refractivity contribution < 1.29 is 0 Å². The van der Waals surface area contributed by atoms with Crippen LogP contribution in [0.5, 0.6) is 0 Å². The smallest absolute Gasteiger partial charge is 0.148 e. The van der Waals surface area contributed by atoms with Crippen molar-refractivity contribution in [2.75, 3.05) is 26.2 Å². The molecule has 2 aliphatic rings. The lowest BCUT2D eigenvalue weighted by molar-refractivity contribution is 0.0943. The minimum Gasteiger partial charge on any atom is -0.314 e. The lowest BCUT2D eigenvalue weighted by Gasteiger charge is -2.40.